The molecular weight excluding hydrogens is 404 g/mol. The molecule has 0 unspecified atom stereocenters. The molecular formula is C26H22N2O2S. The normalized spacial score (nSPS) is 10.7. The summed E-state index contributed by atoms with van der Waals surface area (Å²) in [6.45, 7) is 0.969. The molecule has 0 aliphatic heterocycles. The first-order valence-corrected chi connectivity index (χ1v) is 10.9. The first-order valence-electron chi connectivity index (χ1n) is 10.1. The molecule has 1 N–H and O–H groups in total. The predicted octanol–water partition coefficient (Wildman–Crippen LogP) is 5.41. The highest BCUT2D eigenvalue weighted by atomic mass is 32.1. The van der Waals surface area contributed by atoms with Crippen LogP contribution < -0.4 is 5.32 Å². The summed E-state index contributed by atoms with van der Waals surface area (Å²) in [4.78, 5) is 13.7. The van der Waals surface area contributed by atoms with Gasteiger partial charge in [-0.05, 0) is 52.4 Å². The van der Waals surface area contributed by atoms with Crippen LogP contribution in [0.4, 0.5) is 0 Å². The fourth-order valence-electron chi connectivity index (χ4n) is 3.58. The molecule has 0 saturated heterocycles. The van der Waals surface area contributed by atoms with Gasteiger partial charge in [0.05, 0.1) is 18.2 Å². The number of carbonyl (C=O) groups is 1. The molecule has 0 aliphatic carbocycles. The monoisotopic (exact) mass is 426 g/mol. The minimum atomic E-state index is -0.102. The lowest BCUT2D eigenvalue weighted by molar-refractivity contribution is 0.0937. The predicted molar refractivity (Wildman–Crippen MR) is 125 cm³/mol. The highest BCUT2D eigenvalue weighted by Gasteiger charge is 2.11. The third-order valence-electron chi connectivity index (χ3n) is 5.06. The summed E-state index contributed by atoms with van der Waals surface area (Å²) in [6.07, 6.45) is 0.788. The van der Waals surface area contributed by atoms with Crippen LogP contribution in [0.5, 0.6) is 0 Å². The minimum absolute atomic E-state index is 0.102. The number of hydrogen-bond donors (Lipinski definition) is 1. The average molecular weight is 427 g/mol. The molecule has 4 aromatic rings. The van der Waals surface area contributed by atoms with Gasteiger partial charge in [0.2, 0.25) is 0 Å². The molecule has 0 saturated carbocycles. The molecule has 0 aliphatic rings. The van der Waals surface area contributed by atoms with E-state index in [1.807, 2.05) is 42.5 Å². The molecule has 0 bridgehead atoms. The molecule has 5 heteroatoms. The maximum Gasteiger partial charge on any atom is 0.251 e. The van der Waals surface area contributed by atoms with E-state index < -0.39 is 0 Å². The number of amides is 1. The van der Waals surface area contributed by atoms with Gasteiger partial charge in [0, 0.05) is 35.2 Å². The molecule has 0 radical (unpaired) electrons. The number of thiophene rings is 1. The number of fused-ring (bicyclic) bond motifs is 1. The van der Waals surface area contributed by atoms with E-state index in [4.69, 9.17) is 10.00 Å². The van der Waals surface area contributed by atoms with Gasteiger partial charge in [-0.15, -0.1) is 11.3 Å². The van der Waals surface area contributed by atoms with Crippen molar-refractivity contribution in [1.29, 1.82) is 5.26 Å². The van der Waals surface area contributed by atoms with Crippen LogP contribution in [0.1, 0.15) is 26.4 Å². The standard InChI is InChI=1S/C26H22N2O2S/c1-30-12-11-28-26(29)22-9-3-7-20(15-22)24-10-4-8-21-16-23(31-25(21)24)14-18-5-2-6-19(13-18)17-27/h2-10,13,15-16H,11-12,14H2,1H3,(H,28,29). The SMILES string of the molecule is COCCNC(=O)c1cccc(-c2cccc3cc(Cc4cccc(C#N)c4)sc23)c1. The number of hydrogen-bond acceptors (Lipinski definition) is 4. The zero-order valence-corrected chi connectivity index (χ0v) is 18.0. The lowest BCUT2D eigenvalue weighted by atomic mass is 10.0. The van der Waals surface area contributed by atoms with Crippen LogP contribution in [0.25, 0.3) is 21.2 Å². The Hall–Kier alpha value is -3.46. The fraction of sp³-hybridized carbons (Fsp3) is 0.154. The van der Waals surface area contributed by atoms with E-state index in [1.165, 1.54) is 15.0 Å². The second-order valence-corrected chi connectivity index (χ2v) is 8.39. The molecule has 31 heavy (non-hydrogen) atoms. The summed E-state index contributed by atoms with van der Waals surface area (Å²) in [6, 6.07) is 26.1. The van der Waals surface area contributed by atoms with Crippen molar-refractivity contribution in [1.82, 2.24) is 5.32 Å². The number of methoxy groups -OCH3 is 1. The molecule has 3 aromatic carbocycles. The molecule has 1 amide bonds. The molecule has 0 spiro atoms. The number of benzene rings is 3. The van der Waals surface area contributed by atoms with Crippen molar-refractivity contribution in [3.8, 4) is 17.2 Å². The van der Waals surface area contributed by atoms with Gasteiger partial charge < -0.3 is 10.1 Å². The summed E-state index contributed by atoms with van der Waals surface area (Å²) in [5.74, 6) is -0.102. The van der Waals surface area contributed by atoms with E-state index in [-0.39, 0.29) is 5.91 Å². The summed E-state index contributed by atoms with van der Waals surface area (Å²) in [5, 5.41) is 13.2. The van der Waals surface area contributed by atoms with Crippen LogP contribution in [0.3, 0.4) is 0 Å². The number of ether oxygens (including phenoxy) is 1. The Bertz CT molecular complexity index is 1270. The van der Waals surface area contributed by atoms with Crippen LogP contribution in [0, 0.1) is 11.3 Å². The van der Waals surface area contributed by atoms with Gasteiger partial charge in [-0.25, -0.2) is 0 Å². The largest absolute Gasteiger partial charge is 0.383 e. The number of nitriles is 1. The Morgan fingerprint density at radius 1 is 1.06 bits per heavy atom. The van der Waals surface area contributed by atoms with Crippen LogP contribution in [-0.2, 0) is 11.2 Å². The summed E-state index contributed by atoms with van der Waals surface area (Å²) in [5.41, 5.74) is 4.58. The molecule has 4 nitrogen and oxygen atoms in total. The summed E-state index contributed by atoms with van der Waals surface area (Å²) in [7, 11) is 1.61. The minimum Gasteiger partial charge on any atom is -0.383 e. The van der Waals surface area contributed by atoms with Crippen LogP contribution >= 0.6 is 11.3 Å². The van der Waals surface area contributed by atoms with Gasteiger partial charge in [-0.1, -0.05) is 42.5 Å². The highest BCUT2D eigenvalue weighted by Crippen LogP contribution is 2.36. The number of rotatable bonds is 7. The van der Waals surface area contributed by atoms with Gasteiger partial charge in [-0.3, -0.25) is 4.79 Å². The quantitative estimate of drug-likeness (QED) is 0.402. The van der Waals surface area contributed by atoms with Crippen molar-refractivity contribution in [3.05, 3.63) is 94.4 Å². The summed E-state index contributed by atoms with van der Waals surface area (Å²) >= 11 is 1.76. The Kier molecular flexibility index (Phi) is 6.42. The topological polar surface area (TPSA) is 62.1 Å². The maximum absolute atomic E-state index is 12.4. The highest BCUT2D eigenvalue weighted by molar-refractivity contribution is 7.19. The second kappa shape index (κ2) is 9.57. The second-order valence-electron chi connectivity index (χ2n) is 7.26. The van der Waals surface area contributed by atoms with Crippen molar-refractivity contribution in [2.24, 2.45) is 0 Å². The maximum atomic E-state index is 12.4. The first kappa shape index (κ1) is 20.8. The Morgan fingerprint density at radius 2 is 1.90 bits per heavy atom. The Labute approximate surface area is 185 Å². The van der Waals surface area contributed by atoms with Crippen molar-refractivity contribution < 1.29 is 9.53 Å². The molecule has 1 aromatic heterocycles. The van der Waals surface area contributed by atoms with Gasteiger partial charge in [0.15, 0.2) is 0 Å². The lowest BCUT2D eigenvalue weighted by Gasteiger charge is -2.08. The Balaban J connectivity index is 1.64. The third-order valence-corrected chi connectivity index (χ3v) is 6.24. The van der Waals surface area contributed by atoms with E-state index in [9.17, 15) is 4.79 Å². The zero-order chi connectivity index (χ0) is 21.6. The lowest BCUT2D eigenvalue weighted by Crippen LogP contribution is -2.26. The molecule has 1 heterocycles. The molecule has 4 rings (SSSR count). The third kappa shape index (κ3) is 4.83. The smallest absolute Gasteiger partial charge is 0.251 e. The van der Waals surface area contributed by atoms with E-state index in [1.54, 1.807) is 18.4 Å². The first-order chi connectivity index (χ1) is 15.2. The Morgan fingerprint density at radius 3 is 2.74 bits per heavy atom. The fourth-order valence-corrected chi connectivity index (χ4v) is 4.81. The van der Waals surface area contributed by atoms with E-state index in [2.05, 4.69) is 41.7 Å². The number of carbonyl (C=O) groups excluding carboxylic acids is 1. The van der Waals surface area contributed by atoms with Crippen LogP contribution in [0.2, 0.25) is 0 Å². The van der Waals surface area contributed by atoms with Crippen molar-refractivity contribution in [2.75, 3.05) is 20.3 Å². The number of nitrogens with one attached hydrogen (secondary N) is 1. The van der Waals surface area contributed by atoms with Crippen LogP contribution in [-0.4, -0.2) is 26.2 Å². The van der Waals surface area contributed by atoms with E-state index >= 15 is 0 Å². The molecule has 154 valence electrons. The van der Waals surface area contributed by atoms with E-state index in [0.29, 0.717) is 24.3 Å². The van der Waals surface area contributed by atoms with Crippen molar-refractivity contribution in [2.45, 2.75) is 6.42 Å². The van der Waals surface area contributed by atoms with Gasteiger partial charge in [0.1, 0.15) is 0 Å². The summed E-state index contributed by atoms with van der Waals surface area (Å²) < 4.78 is 6.20. The van der Waals surface area contributed by atoms with E-state index in [0.717, 1.165) is 23.1 Å². The van der Waals surface area contributed by atoms with Crippen molar-refractivity contribution in [3.63, 3.8) is 0 Å². The zero-order valence-electron chi connectivity index (χ0n) is 17.2. The van der Waals surface area contributed by atoms with Gasteiger partial charge in [-0.2, -0.15) is 5.26 Å². The molecule has 0 atom stereocenters. The van der Waals surface area contributed by atoms with Crippen LogP contribution in [0.15, 0.2) is 72.8 Å². The van der Waals surface area contributed by atoms with Gasteiger partial charge >= 0.3 is 0 Å². The molecule has 0 fully saturated rings. The average Bonchev–Trinajstić information content (AvgIpc) is 3.21. The number of nitrogens with zero attached hydrogens (tertiary/aromatic N) is 1. The van der Waals surface area contributed by atoms with Crippen molar-refractivity contribution >= 4 is 27.3 Å². The van der Waals surface area contributed by atoms with Gasteiger partial charge in [0.25, 0.3) is 5.91 Å².